The van der Waals surface area contributed by atoms with Crippen molar-refractivity contribution in [3.63, 3.8) is 0 Å². The van der Waals surface area contributed by atoms with Crippen LogP contribution in [0.2, 0.25) is 0 Å². The molecule has 0 aliphatic carbocycles. The highest BCUT2D eigenvalue weighted by atomic mass is 32.1. The molecule has 2 aromatic rings. The summed E-state index contributed by atoms with van der Waals surface area (Å²) in [7, 11) is 0. The fraction of sp³-hybridized carbons (Fsp3) is 0.538. The Bertz CT molecular complexity index is 593. The second kappa shape index (κ2) is 7.28. The Morgan fingerprint density at radius 1 is 1.48 bits per heavy atom. The van der Waals surface area contributed by atoms with E-state index in [1.807, 2.05) is 18.5 Å². The monoisotopic (exact) mass is 308 g/mol. The molecule has 0 radical (unpaired) electrons. The first-order valence-electron chi connectivity index (χ1n) is 6.95. The number of hydrogen-bond acceptors (Lipinski definition) is 6. The van der Waals surface area contributed by atoms with Gasteiger partial charge in [0.1, 0.15) is 0 Å². The highest BCUT2D eigenvalue weighted by molar-refractivity contribution is 7.14. The number of nitrogens with zero attached hydrogens (tertiary/aromatic N) is 5. The predicted octanol–water partition coefficient (Wildman–Crippen LogP) is 1.05. The predicted molar refractivity (Wildman–Crippen MR) is 82.3 cm³/mol. The van der Waals surface area contributed by atoms with Crippen LogP contribution in [0.5, 0.6) is 0 Å². The Hall–Kier alpha value is -1.80. The van der Waals surface area contributed by atoms with Gasteiger partial charge in [0, 0.05) is 25.0 Å². The van der Waals surface area contributed by atoms with E-state index in [4.69, 9.17) is 5.73 Å². The molecule has 2 heterocycles. The van der Waals surface area contributed by atoms with Gasteiger partial charge < -0.3 is 5.73 Å². The first-order valence-corrected chi connectivity index (χ1v) is 7.83. The van der Waals surface area contributed by atoms with Crippen molar-refractivity contribution in [2.45, 2.75) is 33.2 Å². The van der Waals surface area contributed by atoms with E-state index in [0.717, 1.165) is 29.4 Å². The van der Waals surface area contributed by atoms with Crippen molar-refractivity contribution in [3.8, 4) is 0 Å². The van der Waals surface area contributed by atoms with Gasteiger partial charge >= 0.3 is 0 Å². The topological polar surface area (TPSA) is 89.9 Å². The van der Waals surface area contributed by atoms with Gasteiger partial charge in [-0.15, -0.1) is 16.4 Å². The van der Waals surface area contributed by atoms with Crippen LogP contribution in [0.3, 0.4) is 0 Å². The van der Waals surface area contributed by atoms with Gasteiger partial charge in [-0.3, -0.25) is 9.69 Å². The largest absolute Gasteiger partial charge is 0.330 e. The van der Waals surface area contributed by atoms with E-state index in [9.17, 15) is 4.79 Å². The van der Waals surface area contributed by atoms with E-state index in [-0.39, 0.29) is 5.91 Å². The Balaban J connectivity index is 2.02. The van der Waals surface area contributed by atoms with E-state index in [1.54, 1.807) is 16.5 Å². The van der Waals surface area contributed by atoms with Gasteiger partial charge in [-0.25, -0.2) is 9.67 Å². The quantitative estimate of drug-likeness (QED) is 0.825. The molecule has 0 aliphatic rings. The molecule has 0 saturated heterocycles. The number of thiazole rings is 1. The van der Waals surface area contributed by atoms with E-state index in [0.29, 0.717) is 19.6 Å². The lowest BCUT2D eigenvalue weighted by atomic mass is 10.2. The molecule has 1 amide bonds. The van der Waals surface area contributed by atoms with Gasteiger partial charge in [-0.05, 0) is 26.3 Å². The zero-order valence-corrected chi connectivity index (χ0v) is 13.1. The molecule has 0 unspecified atom stereocenters. The van der Waals surface area contributed by atoms with Crippen molar-refractivity contribution < 1.29 is 4.79 Å². The zero-order chi connectivity index (χ0) is 15.2. The van der Waals surface area contributed by atoms with Crippen LogP contribution in [0.25, 0.3) is 0 Å². The zero-order valence-electron chi connectivity index (χ0n) is 12.3. The molecule has 0 bridgehead atoms. The summed E-state index contributed by atoms with van der Waals surface area (Å²) in [6, 6.07) is 0. The van der Waals surface area contributed by atoms with Crippen LogP contribution in [0.1, 0.15) is 31.7 Å². The summed E-state index contributed by atoms with van der Waals surface area (Å²) >= 11 is 1.47. The minimum atomic E-state index is 0.00299. The second-order valence-electron chi connectivity index (χ2n) is 4.68. The van der Waals surface area contributed by atoms with Gasteiger partial charge in [0.2, 0.25) is 5.91 Å². The molecule has 8 heteroatoms. The minimum absolute atomic E-state index is 0.00299. The average molecular weight is 308 g/mol. The van der Waals surface area contributed by atoms with E-state index in [2.05, 4.69) is 15.3 Å². The van der Waals surface area contributed by atoms with Gasteiger partial charge in [0.25, 0.3) is 0 Å². The van der Waals surface area contributed by atoms with Crippen molar-refractivity contribution in [1.82, 2.24) is 20.0 Å². The number of rotatable bonds is 7. The summed E-state index contributed by atoms with van der Waals surface area (Å²) in [5, 5.41) is 10.9. The van der Waals surface area contributed by atoms with Crippen LogP contribution in [-0.4, -0.2) is 39.0 Å². The molecule has 0 aliphatic heterocycles. The molecule has 114 valence electrons. The van der Waals surface area contributed by atoms with Crippen LogP contribution in [0.4, 0.5) is 5.13 Å². The van der Waals surface area contributed by atoms with Crippen molar-refractivity contribution >= 4 is 22.4 Å². The third-order valence-electron chi connectivity index (χ3n) is 3.01. The summed E-state index contributed by atoms with van der Waals surface area (Å²) < 4.78 is 1.76. The lowest BCUT2D eigenvalue weighted by Gasteiger charge is -2.14. The summed E-state index contributed by atoms with van der Waals surface area (Å²) in [4.78, 5) is 17.6. The second-order valence-corrected chi connectivity index (χ2v) is 5.52. The Morgan fingerprint density at radius 3 is 2.95 bits per heavy atom. The number of amides is 1. The Morgan fingerprint density at radius 2 is 2.29 bits per heavy atom. The van der Waals surface area contributed by atoms with E-state index >= 15 is 0 Å². The van der Waals surface area contributed by atoms with E-state index in [1.165, 1.54) is 11.3 Å². The van der Waals surface area contributed by atoms with Crippen LogP contribution in [-0.2, 0) is 17.8 Å². The fourth-order valence-electron chi connectivity index (χ4n) is 1.97. The average Bonchev–Trinajstić information content (AvgIpc) is 3.07. The number of anilines is 1. The molecular weight excluding hydrogens is 288 g/mol. The lowest BCUT2D eigenvalue weighted by Crippen LogP contribution is -2.27. The van der Waals surface area contributed by atoms with Crippen molar-refractivity contribution in [2.24, 2.45) is 5.73 Å². The number of aryl methyl sites for hydroxylation is 1. The molecule has 0 aromatic carbocycles. The number of aromatic nitrogens is 4. The summed E-state index contributed by atoms with van der Waals surface area (Å²) in [5.41, 5.74) is 7.30. The molecule has 0 spiro atoms. The number of hydrogen-bond donors (Lipinski definition) is 1. The van der Waals surface area contributed by atoms with Gasteiger partial charge in [0.15, 0.2) is 5.13 Å². The normalized spacial score (nSPS) is 10.8. The molecule has 2 aromatic heterocycles. The molecular formula is C13H20N6OS. The highest BCUT2D eigenvalue weighted by Gasteiger charge is 2.13. The smallest absolute Gasteiger partial charge is 0.225 e. The first-order chi connectivity index (χ1) is 10.1. The lowest BCUT2D eigenvalue weighted by molar-refractivity contribution is -0.116. The molecule has 2 N–H and O–H groups in total. The SMILES string of the molecule is CCN(C(C)=O)c1nc(Cn2cc(CCCN)nn2)cs1. The molecule has 21 heavy (non-hydrogen) atoms. The van der Waals surface area contributed by atoms with Crippen molar-refractivity contribution in [3.05, 3.63) is 23.0 Å². The third-order valence-corrected chi connectivity index (χ3v) is 3.93. The molecule has 7 nitrogen and oxygen atoms in total. The molecule has 0 fully saturated rings. The fourth-order valence-corrected chi connectivity index (χ4v) is 2.89. The standard InChI is InChI=1S/C13H20N6OS/c1-3-19(10(2)20)13-15-12(9-21-13)8-18-7-11(16-17-18)5-4-6-14/h7,9H,3-6,8,14H2,1-2H3. The highest BCUT2D eigenvalue weighted by Crippen LogP contribution is 2.21. The maximum absolute atomic E-state index is 11.5. The minimum Gasteiger partial charge on any atom is -0.330 e. The number of nitrogens with two attached hydrogens (primary N) is 1. The van der Waals surface area contributed by atoms with Crippen LogP contribution in [0.15, 0.2) is 11.6 Å². The maximum Gasteiger partial charge on any atom is 0.225 e. The summed E-state index contributed by atoms with van der Waals surface area (Å²) in [6.07, 6.45) is 3.66. The van der Waals surface area contributed by atoms with Crippen molar-refractivity contribution in [2.75, 3.05) is 18.0 Å². The summed E-state index contributed by atoms with van der Waals surface area (Å²) in [6.45, 7) is 5.31. The Kier molecular flexibility index (Phi) is 5.40. The number of carbonyl (C=O) groups is 1. The van der Waals surface area contributed by atoms with Crippen LogP contribution < -0.4 is 10.6 Å². The Labute approximate surface area is 127 Å². The van der Waals surface area contributed by atoms with Gasteiger partial charge in [-0.2, -0.15) is 0 Å². The van der Waals surface area contributed by atoms with Gasteiger partial charge in [-0.1, -0.05) is 5.21 Å². The molecule has 2 rings (SSSR count). The third kappa shape index (κ3) is 4.08. The van der Waals surface area contributed by atoms with Crippen LogP contribution in [0, 0.1) is 0 Å². The molecule has 0 atom stereocenters. The van der Waals surface area contributed by atoms with Crippen LogP contribution >= 0.6 is 11.3 Å². The number of carbonyl (C=O) groups excluding carboxylic acids is 1. The van der Waals surface area contributed by atoms with Gasteiger partial charge in [0.05, 0.1) is 17.9 Å². The van der Waals surface area contributed by atoms with Crippen molar-refractivity contribution in [1.29, 1.82) is 0 Å². The molecule has 0 saturated carbocycles. The van der Waals surface area contributed by atoms with E-state index < -0.39 is 0 Å². The first kappa shape index (κ1) is 15.6. The summed E-state index contributed by atoms with van der Waals surface area (Å²) in [5.74, 6) is 0.00299. The maximum atomic E-state index is 11.5.